The van der Waals surface area contributed by atoms with Gasteiger partial charge < -0.3 is 15.0 Å². The first-order chi connectivity index (χ1) is 9.16. The van der Waals surface area contributed by atoms with Gasteiger partial charge in [0, 0.05) is 37.6 Å². The number of benzene rings is 1. The van der Waals surface area contributed by atoms with E-state index >= 15 is 0 Å². The van der Waals surface area contributed by atoms with Crippen LogP contribution in [0.3, 0.4) is 0 Å². The molecular formula is C14H19ClN2O2. The Labute approximate surface area is 118 Å². The van der Waals surface area contributed by atoms with Crippen LogP contribution in [0.5, 0.6) is 0 Å². The molecule has 0 saturated carbocycles. The molecule has 2 rings (SSSR count). The van der Waals surface area contributed by atoms with Crippen LogP contribution in [0.25, 0.3) is 0 Å². The molecule has 0 bridgehead atoms. The summed E-state index contributed by atoms with van der Waals surface area (Å²) in [5.74, 6) is 0.0999. The lowest BCUT2D eigenvalue weighted by Gasteiger charge is -2.26. The van der Waals surface area contributed by atoms with Gasteiger partial charge in [0.15, 0.2) is 0 Å². The van der Waals surface area contributed by atoms with Crippen molar-refractivity contribution in [1.29, 1.82) is 0 Å². The highest BCUT2D eigenvalue weighted by Gasteiger charge is 2.19. The van der Waals surface area contributed by atoms with Gasteiger partial charge >= 0.3 is 0 Å². The van der Waals surface area contributed by atoms with Gasteiger partial charge in [-0.3, -0.25) is 4.79 Å². The van der Waals surface area contributed by atoms with Crippen molar-refractivity contribution in [1.82, 2.24) is 10.2 Å². The molecule has 4 nitrogen and oxygen atoms in total. The quantitative estimate of drug-likeness (QED) is 0.914. The third-order valence-electron chi connectivity index (χ3n) is 3.21. The van der Waals surface area contributed by atoms with Gasteiger partial charge in [0.05, 0.1) is 13.2 Å². The first-order valence-corrected chi connectivity index (χ1v) is 6.83. The Hall–Kier alpha value is -1.10. The van der Waals surface area contributed by atoms with Crippen LogP contribution < -0.4 is 5.32 Å². The number of halogens is 1. The highest BCUT2D eigenvalue weighted by molar-refractivity contribution is 6.31. The van der Waals surface area contributed by atoms with Crippen molar-refractivity contribution in [2.75, 3.05) is 26.8 Å². The minimum Gasteiger partial charge on any atom is -0.378 e. The molecule has 0 aliphatic carbocycles. The van der Waals surface area contributed by atoms with Crippen LogP contribution in [0.15, 0.2) is 24.3 Å². The van der Waals surface area contributed by atoms with E-state index in [1.165, 1.54) is 0 Å². The molecule has 1 heterocycles. The van der Waals surface area contributed by atoms with Crippen molar-refractivity contribution in [3.05, 3.63) is 34.9 Å². The monoisotopic (exact) mass is 282 g/mol. The van der Waals surface area contributed by atoms with E-state index in [-0.39, 0.29) is 11.9 Å². The summed E-state index contributed by atoms with van der Waals surface area (Å²) in [5.41, 5.74) is 0.966. The molecule has 0 aromatic heterocycles. The van der Waals surface area contributed by atoms with Gasteiger partial charge in [-0.15, -0.1) is 0 Å². The van der Waals surface area contributed by atoms with Gasteiger partial charge in [0.25, 0.3) is 0 Å². The number of amides is 1. The zero-order valence-corrected chi connectivity index (χ0v) is 11.8. The fourth-order valence-corrected chi connectivity index (χ4v) is 2.28. The summed E-state index contributed by atoms with van der Waals surface area (Å²) < 4.78 is 5.35. The summed E-state index contributed by atoms with van der Waals surface area (Å²) in [5, 5.41) is 3.98. The first kappa shape index (κ1) is 14.3. The Balaban J connectivity index is 1.87. The predicted octanol–water partition coefficient (Wildman–Crippen LogP) is 1.68. The van der Waals surface area contributed by atoms with Crippen molar-refractivity contribution < 1.29 is 9.53 Å². The number of hydrogen-bond acceptors (Lipinski definition) is 3. The summed E-state index contributed by atoms with van der Waals surface area (Å²) >= 11 is 6.09. The topological polar surface area (TPSA) is 41.6 Å². The summed E-state index contributed by atoms with van der Waals surface area (Å²) in [7, 11) is 1.80. The SMILES string of the molecule is CN(Cc1ccccc1Cl)C(=O)CC1COCCN1. The number of carbonyl (C=O) groups excluding carboxylic acids is 1. The van der Waals surface area contributed by atoms with E-state index in [0.717, 1.165) is 18.7 Å². The summed E-state index contributed by atoms with van der Waals surface area (Å²) in [4.78, 5) is 13.8. The van der Waals surface area contributed by atoms with Crippen LogP contribution in [0.2, 0.25) is 5.02 Å². The maximum absolute atomic E-state index is 12.1. The lowest BCUT2D eigenvalue weighted by Crippen LogP contribution is -2.44. The van der Waals surface area contributed by atoms with Gasteiger partial charge in [-0.2, -0.15) is 0 Å². The number of nitrogens with zero attached hydrogens (tertiary/aromatic N) is 1. The molecule has 1 aliphatic heterocycles. The van der Waals surface area contributed by atoms with Crippen molar-refractivity contribution in [2.24, 2.45) is 0 Å². The van der Waals surface area contributed by atoms with Gasteiger partial charge in [0.2, 0.25) is 5.91 Å². The van der Waals surface area contributed by atoms with E-state index < -0.39 is 0 Å². The van der Waals surface area contributed by atoms with E-state index in [2.05, 4.69) is 5.32 Å². The molecule has 0 radical (unpaired) electrons. The van der Waals surface area contributed by atoms with E-state index in [9.17, 15) is 4.79 Å². The molecule has 1 N–H and O–H groups in total. The molecular weight excluding hydrogens is 264 g/mol. The number of morpholine rings is 1. The standard InChI is InChI=1S/C14H19ClN2O2/c1-17(9-11-4-2-3-5-13(11)15)14(18)8-12-10-19-7-6-16-12/h2-5,12,16H,6-10H2,1H3. The Bertz CT molecular complexity index is 433. The van der Waals surface area contributed by atoms with E-state index in [1.54, 1.807) is 11.9 Å². The Morgan fingerprint density at radius 3 is 3.00 bits per heavy atom. The number of rotatable bonds is 4. The van der Waals surface area contributed by atoms with Crippen LogP contribution in [0.1, 0.15) is 12.0 Å². The molecule has 1 aromatic rings. The maximum Gasteiger partial charge on any atom is 0.224 e. The van der Waals surface area contributed by atoms with Gasteiger partial charge in [-0.05, 0) is 11.6 Å². The average Bonchev–Trinajstić information content (AvgIpc) is 2.42. The van der Waals surface area contributed by atoms with Gasteiger partial charge in [-0.25, -0.2) is 0 Å². The first-order valence-electron chi connectivity index (χ1n) is 6.45. The lowest BCUT2D eigenvalue weighted by molar-refractivity contribution is -0.131. The van der Waals surface area contributed by atoms with Crippen molar-refractivity contribution >= 4 is 17.5 Å². The minimum absolute atomic E-state index is 0.0999. The van der Waals surface area contributed by atoms with Crippen molar-refractivity contribution in [3.63, 3.8) is 0 Å². The largest absolute Gasteiger partial charge is 0.378 e. The molecule has 1 amide bonds. The Kier molecular flexibility index (Phi) is 5.19. The van der Waals surface area contributed by atoms with E-state index in [0.29, 0.717) is 24.6 Å². The molecule has 19 heavy (non-hydrogen) atoms. The summed E-state index contributed by atoms with van der Waals surface area (Å²) in [6.07, 6.45) is 0.459. The molecule has 104 valence electrons. The van der Waals surface area contributed by atoms with Gasteiger partial charge in [-0.1, -0.05) is 29.8 Å². The molecule has 0 spiro atoms. The molecule has 1 aliphatic rings. The number of carbonyl (C=O) groups is 1. The molecule has 1 atom stereocenters. The Morgan fingerprint density at radius 2 is 2.32 bits per heavy atom. The molecule has 1 aromatic carbocycles. The van der Waals surface area contributed by atoms with Gasteiger partial charge in [0.1, 0.15) is 0 Å². The summed E-state index contributed by atoms with van der Waals surface area (Å²) in [6, 6.07) is 7.71. The van der Waals surface area contributed by atoms with E-state index in [4.69, 9.17) is 16.3 Å². The smallest absolute Gasteiger partial charge is 0.224 e. The third kappa shape index (κ3) is 4.20. The number of hydrogen-bond donors (Lipinski definition) is 1. The fourth-order valence-electron chi connectivity index (χ4n) is 2.09. The molecule has 1 unspecified atom stereocenters. The normalized spacial score (nSPS) is 19.2. The molecule has 5 heteroatoms. The van der Waals surface area contributed by atoms with Crippen molar-refractivity contribution in [2.45, 2.75) is 19.0 Å². The number of nitrogens with one attached hydrogen (secondary N) is 1. The second-order valence-electron chi connectivity index (χ2n) is 4.77. The maximum atomic E-state index is 12.1. The minimum atomic E-state index is 0.0999. The highest BCUT2D eigenvalue weighted by Crippen LogP contribution is 2.17. The van der Waals surface area contributed by atoms with Crippen LogP contribution in [-0.2, 0) is 16.1 Å². The zero-order valence-electron chi connectivity index (χ0n) is 11.1. The fraction of sp³-hybridized carbons (Fsp3) is 0.500. The highest BCUT2D eigenvalue weighted by atomic mass is 35.5. The second kappa shape index (κ2) is 6.89. The zero-order chi connectivity index (χ0) is 13.7. The average molecular weight is 283 g/mol. The van der Waals surface area contributed by atoms with Crippen molar-refractivity contribution in [3.8, 4) is 0 Å². The lowest BCUT2D eigenvalue weighted by atomic mass is 10.1. The third-order valence-corrected chi connectivity index (χ3v) is 3.58. The second-order valence-corrected chi connectivity index (χ2v) is 5.18. The molecule has 1 fully saturated rings. The number of ether oxygens (including phenoxy) is 1. The van der Waals surface area contributed by atoms with E-state index in [1.807, 2.05) is 24.3 Å². The predicted molar refractivity (Wildman–Crippen MR) is 75.2 cm³/mol. The van der Waals surface area contributed by atoms with Crippen LogP contribution >= 0.6 is 11.6 Å². The summed E-state index contributed by atoms with van der Waals surface area (Å²) in [6.45, 7) is 2.67. The molecule has 1 saturated heterocycles. The van der Waals surface area contributed by atoms with Crippen LogP contribution in [0, 0.1) is 0 Å². The van der Waals surface area contributed by atoms with Crippen LogP contribution in [0.4, 0.5) is 0 Å². The van der Waals surface area contributed by atoms with Crippen LogP contribution in [-0.4, -0.2) is 43.7 Å². The Morgan fingerprint density at radius 1 is 1.53 bits per heavy atom.